The van der Waals surface area contributed by atoms with Crippen molar-refractivity contribution in [2.75, 3.05) is 33.1 Å². The number of rotatable bonds is 10. The number of hydrogen-bond acceptors (Lipinski definition) is 7. The zero-order chi connectivity index (χ0) is 20.9. The predicted molar refractivity (Wildman–Crippen MR) is 108 cm³/mol. The highest BCUT2D eigenvalue weighted by molar-refractivity contribution is 8.15. The van der Waals surface area contributed by atoms with Crippen LogP contribution in [0.2, 0.25) is 0 Å². The van der Waals surface area contributed by atoms with Gasteiger partial charge in [-0.3, -0.25) is 14.9 Å². The number of amides is 3. The van der Waals surface area contributed by atoms with Crippen LogP contribution < -0.4 is 10.1 Å². The molecule has 0 spiro atoms. The number of nitrogens with zero attached hydrogens (tertiary/aromatic N) is 1. The summed E-state index contributed by atoms with van der Waals surface area (Å²) >= 11 is 1.02. The summed E-state index contributed by atoms with van der Waals surface area (Å²) in [5, 5.41) is 1.61. The highest BCUT2D eigenvalue weighted by Crippen LogP contribution is 2.25. The minimum atomic E-state index is -0.386. The summed E-state index contributed by atoms with van der Waals surface area (Å²) in [7, 11) is 0. The zero-order valence-electron chi connectivity index (χ0n) is 16.7. The van der Waals surface area contributed by atoms with Crippen LogP contribution in [0.1, 0.15) is 25.8 Å². The second kappa shape index (κ2) is 9.60. The van der Waals surface area contributed by atoms with E-state index < -0.39 is 0 Å². The fourth-order valence-electron chi connectivity index (χ4n) is 3.36. The van der Waals surface area contributed by atoms with Crippen LogP contribution in [0, 0.1) is 0 Å². The number of quaternary nitrogens is 1. The van der Waals surface area contributed by atoms with Gasteiger partial charge in [-0.2, -0.15) is 9.28 Å². The molecule has 1 N–H and O–H groups in total. The number of thioether (sulfide) groups is 1. The van der Waals surface area contributed by atoms with E-state index in [0.29, 0.717) is 38.5 Å². The van der Waals surface area contributed by atoms with Crippen LogP contribution in [-0.4, -0.2) is 66.1 Å². The van der Waals surface area contributed by atoms with Crippen LogP contribution in [-0.2, 0) is 20.7 Å². The molecular weight excluding hydrogens is 396 g/mol. The summed E-state index contributed by atoms with van der Waals surface area (Å²) in [4.78, 5) is 35.3. The van der Waals surface area contributed by atoms with E-state index in [9.17, 15) is 14.4 Å². The molecule has 0 bridgehead atoms. The van der Waals surface area contributed by atoms with Crippen molar-refractivity contribution < 1.29 is 33.1 Å². The van der Waals surface area contributed by atoms with Crippen molar-refractivity contribution in [3.05, 3.63) is 29.8 Å². The van der Waals surface area contributed by atoms with E-state index in [1.807, 2.05) is 38.1 Å². The Morgan fingerprint density at radius 2 is 2.03 bits per heavy atom. The van der Waals surface area contributed by atoms with Gasteiger partial charge in [-0.25, -0.2) is 0 Å². The van der Waals surface area contributed by atoms with E-state index in [-0.39, 0.29) is 39.7 Å². The molecule has 2 saturated heterocycles. The molecular formula is C20H27N2O6S+. The molecule has 3 rings (SSSR count). The normalized spacial score (nSPS) is 25.0. The Labute approximate surface area is 174 Å². The van der Waals surface area contributed by atoms with E-state index in [4.69, 9.17) is 14.2 Å². The Hall–Kier alpha value is -2.10. The highest BCUT2D eigenvalue weighted by Gasteiger charge is 2.49. The maximum atomic E-state index is 12.4. The molecule has 2 fully saturated rings. The molecule has 0 radical (unpaired) electrons. The topological polar surface area (TPSA) is 90.9 Å². The molecule has 1 aromatic rings. The second-order valence-electron chi connectivity index (χ2n) is 7.30. The van der Waals surface area contributed by atoms with Crippen molar-refractivity contribution in [2.24, 2.45) is 0 Å². The Morgan fingerprint density at radius 3 is 2.62 bits per heavy atom. The fraction of sp³-hybridized carbons (Fsp3) is 0.550. The van der Waals surface area contributed by atoms with Gasteiger partial charge in [0.25, 0.3) is 5.24 Å². The SMILES string of the molecule is CCCOC[N+]1(C(C)COc2ccc(CC3SC(=O)NC3=O)cc2)CCOC1=O. The van der Waals surface area contributed by atoms with Gasteiger partial charge in [-0.15, -0.1) is 0 Å². The van der Waals surface area contributed by atoms with Crippen molar-refractivity contribution in [1.82, 2.24) is 5.32 Å². The van der Waals surface area contributed by atoms with Crippen LogP contribution in [0.3, 0.4) is 0 Å². The van der Waals surface area contributed by atoms with Gasteiger partial charge in [0, 0.05) is 0 Å². The lowest BCUT2D eigenvalue weighted by molar-refractivity contribution is -0.886. The largest absolute Gasteiger partial charge is 0.518 e. The minimum Gasteiger partial charge on any atom is -0.487 e. The first-order valence-electron chi connectivity index (χ1n) is 9.79. The summed E-state index contributed by atoms with van der Waals surface area (Å²) in [5.41, 5.74) is 0.951. The summed E-state index contributed by atoms with van der Waals surface area (Å²) in [5.74, 6) is 0.436. The Morgan fingerprint density at radius 1 is 1.28 bits per heavy atom. The zero-order valence-corrected chi connectivity index (χ0v) is 17.5. The smallest absolute Gasteiger partial charge is 0.487 e. The quantitative estimate of drug-likeness (QED) is 0.457. The average Bonchev–Trinajstić information content (AvgIpc) is 3.23. The van der Waals surface area contributed by atoms with Gasteiger partial charge in [-0.05, 0) is 37.5 Å². The van der Waals surface area contributed by atoms with E-state index in [1.165, 1.54) is 0 Å². The molecule has 1 aromatic carbocycles. The number of cyclic esters (lactones) is 1. The number of carbonyl (C=O) groups is 3. The predicted octanol–water partition coefficient (Wildman–Crippen LogP) is 2.70. The highest BCUT2D eigenvalue weighted by atomic mass is 32.2. The lowest BCUT2D eigenvalue weighted by Gasteiger charge is -2.33. The minimum absolute atomic E-state index is 0.111. The van der Waals surface area contributed by atoms with Crippen molar-refractivity contribution in [3.63, 3.8) is 0 Å². The molecule has 3 amide bonds. The molecule has 2 heterocycles. The van der Waals surface area contributed by atoms with E-state index in [2.05, 4.69) is 5.32 Å². The monoisotopic (exact) mass is 423 g/mol. The fourth-order valence-corrected chi connectivity index (χ4v) is 4.21. The molecule has 3 unspecified atom stereocenters. The first-order valence-corrected chi connectivity index (χ1v) is 10.7. The molecule has 158 valence electrons. The number of benzene rings is 1. The van der Waals surface area contributed by atoms with Gasteiger partial charge in [0.15, 0.2) is 6.73 Å². The molecule has 0 aliphatic carbocycles. The lowest BCUT2D eigenvalue weighted by atomic mass is 10.1. The summed E-state index contributed by atoms with van der Waals surface area (Å²) in [6.45, 7) is 6.19. The van der Waals surface area contributed by atoms with E-state index >= 15 is 0 Å². The average molecular weight is 424 g/mol. The molecule has 9 heteroatoms. The molecule has 29 heavy (non-hydrogen) atoms. The number of hydrogen-bond donors (Lipinski definition) is 1. The van der Waals surface area contributed by atoms with Crippen LogP contribution >= 0.6 is 11.8 Å². The van der Waals surface area contributed by atoms with Gasteiger partial charge in [0.05, 0.1) is 11.9 Å². The third-order valence-corrected chi connectivity index (χ3v) is 6.18. The molecule has 8 nitrogen and oxygen atoms in total. The van der Waals surface area contributed by atoms with Crippen LogP contribution in [0.4, 0.5) is 9.59 Å². The van der Waals surface area contributed by atoms with Gasteiger partial charge >= 0.3 is 6.09 Å². The van der Waals surface area contributed by atoms with E-state index in [1.54, 1.807) is 0 Å². The Kier molecular flexibility index (Phi) is 7.15. The second-order valence-corrected chi connectivity index (χ2v) is 8.48. The van der Waals surface area contributed by atoms with Crippen molar-refractivity contribution >= 4 is 29.0 Å². The number of carbonyl (C=O) groups excluding carboxylic acids is 3. The van der Waals surface area contributed by atoms with Crippen LogP contribution in [0.15, 0.2) is 24.3 Å². The third kappa shape index (κ3) is 5.09. The number of imide groups is 1. The van der Waals surface area contributed by atoms with Gasteiger partial charge in [-0.1, -0.05) is 30.8 Å². The number of ether oxygens (including phenoxy) is 3. The molecule has 3 atom stereocenters. The van der Waals surface area contributed by atoms with E-state index in [0.717, 1.165) is 23.7 Å². The molecule has 0 saturated carbocycles. The molecule has 2 aliphatic heterocycles. The van der Waals surface area contributed by atoms with Crippen molar-refractivity contribution in [1.29, 1.82) is 0 Å². The lowest BCUT2D eigenvalue weighted by Crippen LogP contribution is -2.58. The first kappa shape index (κ1) is 21.6. The van der Waals surface area contributed by atoms with Gasteiger partial charge in [0.2, 0.25) is 5.91 Å². The summed E-state index contributed by atoms with van der Waals surface area (Å²) in [6, 6.07) is 7.32. The first-order chi connectivity index (χ1) is 13.9. The number of nitrogens with one attached hydrogen (secondary N) is 1. The standard InChI is InChI=1S/C20H26N2O6S/c1-3-9-26-13-22(8-10-27-20(22)25)14(2)12-28-16-6-4-15(5-7-16)11-17-18(23)21-19(24)29-17/h4-7,14,17H,3,8-13H2,1-2H3/p+1. The molecule has 2 aliphatic rings. The summed E-state index contributed by atoms with van der Waals surface area (Å²) in [6.07, 6.45) is 1.11. The van der Waals surface area contributed by atoms with Crippen molar-refractivity contribution in [2.45, 2.75) is 38.0 Å². The summed E-state index contributed by atoms with van der Waals surface area (Å²) < 4.78 is 16.9. The van der Waals surface area contributed by atoms with Crippen molar-refractivity contribution in [3.8, 4) is 5.75 Å². The van der Waals surface area contributed by atoms with Gasteiger partial charge < -0.3 is 14.2 Å². The van der Waals surface area contributed by atoms with Gasteiger partial charge in [0.1, 0.15) is 31.5 Å². The maximum absolute atomic E-state index is 12.4. The third-order valence-electron chi connectivity index (χ3n) is 5.20. The van der Waals surface area contributed by atoms with Crippen LogP contribution in [0.5, 0.6) is 5.75 Å². The molecule has 0 aromatic heterocycles. The maximum Gasteiger partial charge on any atom is 0.518 e. The van der Waals surface area contributed by atoms with Crippen LogP contribution in [0.25, 0.3) is 0 Å². The Balaban J connectivity index is 1.55. The Bertz CT molecular complexity index is 756.